The number of carbonyl (C=O) groups excluding carboxylic acids is 1. The van der Waals surface area contributed by atoms with Crippen LogP contribution in [0.5, 0.6) is 0 Å². The Morgan fingerprint density at radius 2 is 2.12 bits per heavy atom. The molecule has 138 valence electrons. The van der Waals surface area contributed by atoms with Crippen LogP contribution in [-0.4, -0.2) is 72.0 Å². The van der Waals surface area contributed by atoms with Gasteiger partial charge in [0.15, 0.2) is 0 Å². The second-order valence-corrected chi connectivity index (χ2v) is 6.78. The summed E-state index contributed by atoms with van der Waals surface area (Å²) in [7, 11) is 1.52. The number of carbonyl (C=O) groups is 1. The predicted octanol–water partition coefficient (Wildman–Crippen LogP) is 1.34. The first kappa shape index (κ1) is 18.0. The summed E-state index contributed by atoms with van der Waals surface area (Å²) in [5.74, 6) is -2.99. The van der Waals surface area contributed by atoms with Crippen molar-refractivity contribution in [2.24, 2.45) is 0 Å². The molecule has 3 heterocycles. The SMILES string of the molecule is COC[C@@H]1CC(F)(F)CN1C1CCN(C(=O)c2ccc[nH]c2=O)CC1. The van der Waals surface area contributed by atoms with E-state index in [1.54, 1.807) is 11.0 Å². The Labute approximate surface area is 144 Å². The molecule has 6 nitrogen and oxygen atoms in total. The van der Waals surface area contributed by atoms with Crippen molar-refractivity contribution in [2.75, 3.05) is 33.4 Å². The number of ether oxygens (including phenoxy) is 1. The zero-order chi connectivity index (χ0) is 18.0. The van der Waals surface area contributed by atoms with Crippen LogP contribution in [0.25, 0.3) is 0 Å². The van der Waals surface area contributed by atoms with E-state index in [0.717, 1.165) is 0 Å². The van der Waals surface area contributed by atoms with E-state index in [1.807, 2.05) is 4.90 Å². The Morgan fingerprint density at radius 1 is 1.40 bits per heavy atom. The Bertz CT molecular complexity index is 671. The van der Waals surface area contributed by atoms with Crippen molar-refractivity contribution < 1.29 is 18.3 Å². The van der Waals surface area contributed by atoms with Gasteiger partial charge < -0.3 is 14.6 Å². The average molecular weight is 355 g/mol. The Morgan fingerprint density at radius 3 is 2.76 bits per heavy atom. The molecular formula is C17H23F2N3O3. The van der Waals surface area contributed by atoms with E-state index in [2.05, 4.69) is 4.98 Å². The summed E-state index contributed by atoms with van der Waals surface area (Å²) in [6.45, 7) is 0.950. The number of alkyl halides is 2. The number of amides is 1. The molecule has 0 radical (unpaired) electrons. The third-order valence-corrected chi connectivity index (χ3v) is 5.05. The van der Waals surface area contributed by atoms with E-state index >= 15 is 0 Å². The van der Waals surface area contributed by atoms with Crippen molar-refractivity contribution >= 4 is 5.91 Å². The van der Waals surface area contributed by atoms with E-state index in [9.17, 15) is 18.4 Å². The number of rotatable bonds is 4. The smallest absolute Gasteiger partial charge is 0.262 e. The van der Waals surface area contributed by atoms with E-state index in [-0.39, 0.29) is 43.1 Å². The van der Waals surface area contributed by atoms with Crippen molar-refractivity contribution in [1.82, 2.24) is 14.8 Å². The first-order chi connectivity index (χ1) is 11.9. The summed E-state index contributed by atoms with van der Waals surface area (Å²) in [6.07, 6.45) is 2.54. The molecule has 1 aromatic rings. The largest absolute Gasteiger partial charge is 0.383 e. The van der Waals surface area contributed by atoms with Gasteiger partial charge in [-0.05, 0) is 25.0 Å². The average Bonchev–Trinajstić information content (AvgIpc) is 2.90. The van der Waals surface area contributed by atoms with Crippen LogP contribution in [0.15, 0.2) is 23.1 Å². The first-order valence-electron chi connectivity index (χ1n) is 8.51. The molecule has 2 fully saturated rings. The highest BCUT2D eigenvalue weighted by molar-refractivity contribution is 5.93. The van der Waals surface area contributed by atoms with Gasteiger partial charge in [-0.1, -0.05) is 0 Å². The van der Waals surface area contributed by atoms with Crippen LogP contribution in [0.4, 0.5) is 8.78 Å². The highest BCUT2D eigenvalue weighted by Crippen LogP contribution is 2.35. The molecule has 2 saturated heterocycles. The van der Waals surface area contributed by atoms with Gasteiger partial charge >= 0.3 is 0 Å². The van der Waals surface area contributed by atoms with Crippen molar-refractivity contribution in [3.8, 4) is 0 Å². The normalized spacial score (nSPS) is 24.6. The van der Waals surface area contributed by atoms with Gasteiger partial charge in [-0.25, -0.2) is 8.78 Å². The molecule has 1 aromatic heterocycles. The Hall–Kier alpha value is -1.80. The number of aromatic amines is 1. The molecule has 0 unspecified atom stereocenters. The second-order valence-electron chi connectivity index (χ2n) is 6.78. The maximum absolute atomic E-state index is 13.8. The van der Waals surface area contributed by atoms with Gasteiger partial charge in [-0.3, -0.25) is 14.5 Å². The zero-order valence-electron chi connectivity index (χ0n) is 14.2. The predicted molar refractivity (Wildman–Crippen MR) is 87.9 cm³/mol. The topological polar surface area (TPSA) is 65.6 Å². The molecule has 0 spiro atoms. The lowest BCUT2D eigenvalue weighted by molar-refractivity contribution is 0.00284. The van der Waals surface area contributed by atoms with Crippen LogP contribution < -0.4 is 5.56 Å². The molecule has 3 rings (SSSR count). The zero-order valence-corrected chi connectivity index (χ0v) is 14.2. The van der Waals surface area contributed by atoms with Gasteiger partial charge in [-0.15, -0.1) is 0 Å². The third kappa shape index (κ3) is 3.90. The van der Waals surface area contributed by atoms with Crippen LogP contribution in [0.2, 0.25) is 0 Å². The molecule has 0 aliphatic carbocycles. The quantitative estimate of drug-likeness (QED) is 0.885. The fourth-order valence-electron chi connectivity index (χ4n) is 3.86. The van der Waals surface area contributed by atoms with Gasteiger partial charge in [0.1, 0.15) is 5.56 Å². The van der Waals surface area contributed by atoms with Crippen LogP contribution >= 0.6 is 0 Å². The highest BCUT2D eigenvalue weighted by atomic mass is 19.3. The number of H-pyrrole nitrogens is 1. The molecule has 8 heteroatoms. The number of nitrogens with zero attached hydrogens (tertiary/aromatic N) is 2. The monoisotopic (exact) mass is 355 g/mol. The summed E-state index contributed by atoms with van der Waals surface area (Å²) < 4.78 is 32.7. The number of piperidine rings is 1. The van der Waals surface area contributed by atoms with Crippen LogP contribution in [0.3, 0.4) is 0 Å². The summed E-state index contributed by atoms with van der Waals surface area (Å²) >= 11 is 0. The highest BCUT2D eigenvalue weighted by Gasteiger charge is 2.47. The van der Waals surface area contributed by atoms with Crippen LogP contribution in [-0.2, 0) is 4.74 Å². The van der Waals surface area contributed by atoms with Crippen molar-refractivity contribution in [3.63, 3.8) is 0 Å². The minimum absolute atomic E-state index is 0.00614. The standard InChI is InChI=1S/C17H23F2N3O3/c1-25-10-13-9-17(18,19)11-22(13)12-4-7-21(8-5-12)16(24)14-3-2-6-20-15(14)23/h2-3,6,12-13H,4-5,7-11H2,1H3,(H,20,23)/t13-/m0/s1. The summed E-state index contributed by atoms with van der Waals surface area (Å²) in [4.78, 5) is 30.2. The maximum atomic E-state index is 13.8. The minimum atomic E-state index is -2.69. The number of aromatic nitrogens is 1. The van der Waals surface area contributed by atoms with Gasteiger partial charge in [0, 0.05) is 44.9 Å². The molecule has 2 aliphatic heterocycles. The van der Waals surface area contributed by atoms with Crippen LogP contribution in [0.1, 0.15) is 29.6 Å². The number of hydrogen-bond donors (Lipinski definition) is 1. The lowest BCUT2D eigenvalue weighted by Gasteiger charge is -2.38. The van der Waals surface area contributed by atoms with E-state index in [1.165, 1.54) is 19.4 Å². The minimum Gasteiger partial charge on any atom is -0.383 e. The second kappa shape index (κ2) is 7.21. The Kier molecular flexibility index (Phi) is 5.19. The van der Waals surface area contributed by atoms with Crippen molar-refractivity contribution in [2.45, 2.75) is 37.3 Å². The number of hydrogen-bond acceptors (Lipinski definition) is 4. The van der Waals surface area contributed by atoms with Gasteiger partial charge in [0.05, 0.1) is 13.2 Å². The maximum Gasteiger partial charge on any atom is 0.262 e. The number of pyridine rings is 1. The van der Waals surface area contributed by atoms with Crippen molar-refractivity contribution in [3.05, 3.63) is 34.2 Å². The number of halogens is 2. The molecule has 25 heavy (non-hydrogen) atoms. The molecule has 1 amide bonds. The molecule has 2 aliphatic rings. The van der Waals surface area contributed by atoms with Crippen molar-refractivity contribution in [1.29, 1.82) is 0 Å². The van der Waals surface area contributed by atoms with Crippen LogP contribution in [0, 0.1) is 0 Å². The van der Waals surface area contributed by atoms with E-state index in [0.29, 0.717) is 25.9 Å². The molecule has 0 bridgehead atoms. The molecule has 1 N–H and O–H groups in total. The lowest BCUT2D eigenvalue weighted by atomic mass is 10.0. The summed E-state index contributed by atoms with van der Waals surface area (Å²) in [6, 6.07) is 2.84. The molecule has 0 saturated carbocycles. The molecule has 0 aromatic carbocycles. The lowest BCUT2D eigenvalue weighted by Crippen LogP contribution is -2.50. The fraction of sp³-hybridized carbons (Fsp3) is 0.647. The summed E-state index contributed by atoms with van der Waals surface area (Å²) in [5.41, 5.74) is -0.292. The number of nitrogens with one attached hydrogen (secondary N) is 1. The summed E-state index contributed by atoms with van der Waals surface area (Å²) in [5, 5.41) is 0. The molecule has 1 atom stereocenters. The van der Waals surface area contributed by atoms with Gasteiger partial charge in [-0.2, -0.15) is 0 Å². The van der Waals surface area contributed by atoms with Gasteiger partial charge in [0.2, 0.25) is 0 Å². The third-order valence-electron chi connectivity index (χ3n) is 5.05. The van der Waals surface area contributed by atoms with E-state index < -0.39 is 11.5 Å². The first-order valence-corrected chi connectivity index (χ1v) is 8.51. The fourth-order valence-corrected chi connectivity index (χ4v) is 3.86. The van der Waals surface area contributed by atoms with E-state index in [4.69, 9.17) is 4.74 Å². The number of likely N-dealkylation sites (tertiary alicyclic amines) is 2. The van der Waals surface area contributed by atoms with Gasteiger partial charge in [0.25, 0.3) is 17.4 Å². The number of methoxy groups -OCH3 is 1. The Balaban J connectivity index is 1.63. The molecular weight excluding hydrogens is 332 g/mol.